The van der Waals surface area contributed by atoms with E-state index in [-0.39, 0.29) is 12.6 Å². The van der Waals surface area contributed by atoms with Crippen LogP contribution in [0.25, 0.3) is 0 Å². The summed E-state index contributed by atoms with van der Waals surface area (Å²) in [6.45, 7) is 1.80. The molecule has 0 saturated heterocycles. The van der Waals surface area contributed by atoms with Crippen LogP contribution < -0.4 is 16.2 Å². The van der Waals surface area contributed by atoms with Gasteiger partial charge in [-0.05, 0) is 19.1 Å². The molecule has 0 bridgehead atoms. The highest BCUT2D eigenvalue weighted by Gasteiger charge is 2.00. The SMILES string of the molecule is Cc1ccc(OCC(=O)N=C(N)N)cc1. The Kier molecular flexibility index (Phi) is 3.68. The van der Waals surface area contributed by atoms with Crippen LogP contribution in [0.4, 0.5) is 0 Å². The summed E-state index contributed by atoms with van der Waals surface area (Å²) in [4.78, 5) is 14.3. The molecule has 5 heteroatoms. The molecule has 0 saturated carbocycles. The van der Waals surface area contributed by atoms with E-state index in [0.717, 1.165) is 5.56 Å². The van der Waals surface area contributed by atoms with Gasteiger partial charge in [-0.15, -0.1) is 0 Å². The number of nitrogens with zero attached hydrogens (tertiary/aromatic N) is 1. The summed E-state index contributed by atoms with van der Waals surface area (Å²) in [6.07, 6.45) is 0. The molecule has 1 aromatic rings. The molecule has 0 aliphatic heterocycles. The summed E-state index contributed by atoms with van der Waals surface area (Å²) < 4.78 is 5.16. The number of aliphatic imine (C=N–C) groups is 1. The van der Waals surface area contributed by atoms with Crippen molar-refractivity contribution in [2.24, 2.45) is 16.5 Å². The molecule has 5 nitrogen and oxygen atoms in total. The zero-order valence-electron chi connectivity index (χ0n) is 8.43. The van der Waals surface area contributed by atoms with Crippen molar-refractivity contribution in [2.75, 3.05) is 6.61 Å². The number of carbonyl (C=O) groups is 1. The summed E-state index contributed by atoms with van der Waals surface area (Å²) >= 11 is 0. The topological polar surface area (TPSA) is 90.7 Å². The highest BCUT2D eigenvalue weighted by Crippen LogP contribution is 2.10. The second-order valence-electron chi connectivity index (χ2n) is 3.03. The fourth-order valence-corrected chi connectivity index (χ4v) is 0.956. The standard InChI is InChI=1S/C10H13N3O2/c1-7-2-4-8(5-3-7)15-6-9(14)13-10(11)12/h2-5H,6H2,1H3,(H4,11,12,13,14). The van der Waals surface area contributed by atoms with Crippen LogP contribution in [-0.4, -0.2) is 18.5 Å². The zero-order chi connectivity index (χ0) is 11.3. The van der Waals surface area contributed by atoms with Crippen LogP contribution in [0.2, 0.25) is 0 Å². The number of hydrogen-bond donors (Lipinski definition) is 2. The van der Waals surface area contributed by atoms with Crippen LogP contribution in [-0.2, 0) is 4.79 Å². The number of hydrogen-bond acceptors (Lipinski definition) is 2. The van der Waals surface area contributed by atoms with Gasteiger partial charge in [0, 0.05) is 0 Å². The minimum absolute atomic E-state index is 0.166. The number of guanidine groups is 1. The Bertz CT molecular complexity index is 367. The molecule has 0 aliphatic carbocycles. The average Bonchev–Trinajstić information content (AvgIpc) is 2.16. The van der Waals surface area contributed by atoms with Gasteiger partial charge in [0.2, 0.25) is 0 Å². The normalized spacial score (nSPS) is 9.40. The van der Waals surface area contributed by atoms with E-state index in [4.69, 9.17) is 16.2 Å². The van der Waals surface area contributed by atoms with Crippen molar-refractivity contribution < 1.29 is 9.53 Å². The lowest BCUT2D eigenvalue weighted by Crippen LogP contribution is -2.25. The Morgan fingerprint density at radius 2 is 1.93 bits per heavy atom. The molecule has 0 unspecified atom stereocenters. The molecule has 15 heavy (non-hydrogen) atoms. The maximum absolute atomic E-state index is 11.0. The summed E-state index contributed by atoms with van der Waals surface area (Å²) in [5.74, 6) is -0.150. The lowest BCUT2D eigenvalue weighted by Gasteiger charge is -2.03. The van der Waals surface area contributed by atoms with Crippen LogP contribution in [0.15, 0.2) is 29.3 Å². The van der Waals surface area contributed by atoms with Crippen LogP contribution in [0.3, 0.4) is 0 Å². The van der Waals surface area contributed by atoms with Crippen molar-refractivity contribution in [3.05, 3.63) is 29.8 Å². The van der Waals surface area contributed by atoms with Crippen LogP contribution in [0.5, 0.6) is 5.75 Å². The van der Waals surface area contributed by atoms with E-state index < -0.39 is 5.91 Å². The second kappa shape index (κ2) is 4.99. The molecule has 0 radical (unpaired) electrons. The van der Waals surface area contributed by atoms with Crippen LogP contribution >= 0.6 is 0 Å². The number of amides is 1. The predicted molar refractivity (Wildman–Crippen MR) is 57.5 cm³/mol. The lowest BCUT2D eigenvalue weighted by molar-refractivity contribution is -0.119. The molecule has 0 fully saturated rings. The number of nitrogens with two attached hydrogens (primary N) is 2. The highest BCUT2D eigenvalue weighted by molar-refractivity contribution is 5.92. The quantitative estimate of drug-likeness (QED) is 0.546. The van der Waals surface area contributed by atoms with Gasteiger partial charge in [-0.1, -0.05) is 17.7 Å². The predicted octanol–water partition coefficient (Wildman–Crippen LogP) is 0.174. The molecular weight excluding hydrogens is 194 g/mol. The third-order valence-electron chi connectivity index (χ3n) is 1.64. The summed E-state index contributed by atoms with van der Waals surface area (Å²) in [5, 5.41) is 0. The third-order valence-corrected chi connectivity index (χ3v) is 1.64. The summed E-state index contributed by atoms with van der Waals surface area (Å²) in [6, 6.07) is 7.33. The molecule has 1 rings (SSSR count). The molecule has 0 aliphatic rings. The van der Waals surface area contributed by atoms with Gasteiger partial charge >= 0.3 is 0 Å². The molecular formula is C10H13N3O2. The molecule has 0 spiro atoms. The van der Waals surface area contributed by atoms with E-state index >= 15 is 0 Å². The minimum atomic E-state index is -0.504. The van der Waals surface area contributed by atoms with Gasteiger partial charge in [0.15, 0.2) is 12.6 Å². The number of ether oxygens (including phenoxy) is 1. The van der Waals surface area contributed by atoms with Gasteiger partial charge in [0.25, 0.3) is 5.91 Å². The lowest BCUT2D eigenvalue weighted by atomic mass is 10.2. The van der Waals surface area contributed by atoms with Gasteiger partial charge in [0.1, 0.15) is 5.75 Å². The largest absolute Gasteiger partial charge is 0.484 e. The Labute approximate surface area is 87.7 Å². The van der Waals surface area contributed by atoms with Crippen molar-refractivity contribution in [3.8, 4) is 5.75 Å². The maximum Gasteiger partial charge on any atom is 0.286 e. The minimum Gasteiger partial charge on any atom is -0.484 e. The van der Waals surface area contributed by atoms with E-state index in [1.807, 2.05) is 19.1 Å². The fourth-order valence-electron chi connectivity index (χ4n) is 0.956. The smallest absolute Gasteiger partial charge is 0.286 e. The van der Waals surface area contributed by atoms with E-state index in [2.05, 4.69) is 4.99 Å². The van der Waals surface area contributed by atoms with Crippen LogP contribution in [0, 0.1) is 6.92 Å². The monoisotopic (exact) mass is 207 g/mol. The molecule has 1 amide bonds. The molecule has 0 heterocycles. The van der Waals surface area contributed by atoms with Gasteiger partial charge in [-0.25, -0.2) is 0 Å². The van der Waals surface area contributed by atoms with Crippen molar-refractivity contribution >= 4 is 11.9 Å². The van der Waals surface area contributed by atoms with Crippen molar-refractivity contribution in [1.29, 1.82) is 0 Å². The number of aryl methyl sites for hydroxylation is 1. The Hall–Kier alpha value is -2.04. The number of benzene rings is 1. The molecule has 0 atom stereocenters. The van der Waals surface area contributed by atoms with Gasteiger partial charge < -0.3 is 16.2 Å². The van der Waals surface area contributed by atoms with E-state index in [1.165, 1.54) is 0 Å². The van der Waals surface area contributed by atoms with E-state index in [1.54, 1.807) is 12.1 Å². The first kappa shape index (κ1) is 11.0. The Balaban J connectivity index is 2.47. The first-order valence-corrected chi connectivity index (χ1v) is 4.40. The van der Waals surface area contributed by atoms with Crippen molar-refractivity contribution in [1.82, 2.24) is 0 Å². The third kappa shape index (κ3) is 4.12. The fraction of sp³-hybridized carbons (Fsp3) is 0.200. The van der Waals surface area contributed by atoms with Crippen molar-refractivity contribution in [2.45, 2.75) is 6.92 Å². The second-order valence-corrected chi connectivity index (χ2v) is 3.03. The highest BCUT2D eigenvalue weighted by atomic mass is 16.5. The van der Waals surface area contributed by atoms with Crippen molar-refractivity contribution in [3.63, 3.8) is 0 Å². The van der Waals surface area contributed by atoms with Gasteiger partial charge in [-0.3, -0.25) is 4.79 Å². The first-order chi connectivity index (χ1) is 7.08. The molecule has 1 aromatic carbocycles. The summed E-state index contributed by atoms with van der Waals surface area (Å²) in [7, 11) is 0. The number of carbonyl (C=O) groups excluding carboxylic acids is 1. The van der Waals surface area contributed by atoms with E-state index in [0.29, 0.717) is 5.75 Å². The Morgan fingerprint density at radius 1 is 1.33 bits per heavy atom. The molecule has 80 valence electrons. The average molecular weight is 207 g/mol. The summed E-state index contributed by atoms with van der Waals surface area (Å²) in [5.41, 5.74) is 11.2. The van der Waals surface area contributed by atoms with E-state index in [9.17, 15) is 4.79 Å². The van der Waals surface area contributed by atoms with Gasteiger partial charge in [0.05, 0.1) is 0 Å². The maximum atomic E-state index is 11.0. The first-order valence-electron chi connectivity index (χ1n) is 4.40. The van der Waals surface area contributed by atoms with Crippen LogP contribution in [0.1, 0.15) is 5.56 Å². The Morgan fingerprint density at radius 3 is 2.47 bits per heavy atom. The number of rotatable bonds is 3. The van der Waals surface area contributed by atoms with Gasteiger partial charge in [-0.2, -0.15) is 4.99 Å². The molecule has 4 N–H and O–H groups in total. The zero-order valence-corrected chi connectivity index (χ0v) is 8.43. The molecule has 0 aromatic heterocycles.